The van der Waals surface area contributed by atoms with E-state index in [9.17, 15) is 43.2 Å². The van der Waals surface area contributed by atoms with Crippen LogP contribution in [-0.4, -0.2) is 96.7 Å². The summed E-state index contributed by atoms with van der Waals surface area (Å²) in [6.45, 7) is 7.12. The molecule has 0 aliphatic heterocycles. The number of carbonyl (C=O) groups excluding carboxylic acids is 4. The average molecular weight is 1200 g/mol. The second-order valence-corrected chi connectivity index (χ2v) is 25.6. The zero-order chi connectivity index (χ0) is 59.9. The van der Waals surface area contributed by atoms with E-state index in [1.165, 1.54) is 128 Å². The molecule has 0 aromatic rings. The van der Waals surface area contributed by atoms with Crippen LogP contribution in [0.2, 0.25) is 0 Å². The van der Waals surface area contributed by atoms with Crippen molar-refractivity contribution in [3.8, 4) is 0 Å². The van der Waals surface area contributed by atoms with E-state index in [0.29, 0.717) is 25.7 Å². The molecule has 0 bridgehead atoms. The van der Waals surface area contributed by atoms with Crippen molar-refractivity contribution in [2.24, 2.45) is 5.92 Å². The third kappa shape index (κ3) is 55.7. The molecule has 81 heavy (non-hydrogen) atoms. The van der Waals surface area contributed by atoms with Crippen LogP contribution in [0.3, 0.4) is 0 Å². The Morgan fingerprint density at radius 1 is 0.346 bits per heavy atom. The molecule has 3 unspecified atom stereocenters. The van der Waals surface area contributed by atoms with E-state index in [0.717, 1.165) is 102 Å². The van der Waals surface area contributed by atoms with E-state index in [-0.39, 0.29) is 25.7 Å². The molecule has 0 fully saturated rings. The first-order chi connectivity index (χ1) is 39.1. The Morgan fingerprint density at radius 3 is 0.877 bits per heavy atom. The molecule has 3 N–H and O–H groups in total. The second kappa shape index (κ2) is 55.9. The molecule has 0 amide bonds. The van der Waals surface area contributed by atoms with Gasteiger partial charge in [-0.1, -0.05) is 259 Å². The Balaban J connectivity index is 5.24. The molecule has 0 rings (SSSR count). The zero-order valence-electron chi connectivity index (χ0n) is 51.9. The summed E-state index contributed by atoms with van der Waals surface area (Å²) < 4.78 is 67.9. The number of hydrogen-bond acceptors (Lipinski definition) is 15. The van der Waals surface area contributed by atoms with Gasteiger partial charge in [0.05, 0.1) is 26.4 Å². The van der Waals surface area contributed by atoms with Gasteiger partial charge >= 0.3 is 39.5 Å². The van der Waals surface area contributed by atoms with Gasteiger partial charge < -0.3 is 33.8 Å². The fourth-order valence-electron chi connectivity index (χ4n) is 9.20. The van der Waals surface area contributed by atoms with Gasteiger partial charge in [-0.25, -0.2) is 9.13 Å². The highest BCUT2D eigenvalue weighted by Crippen LogP contribution is 2.45. The molecular weight excluding hydrogens is 1080 g/mol. The zero-order valence-corrected chi connectivity index (χ0v) is 53.7. The molecule has 0 spiro atoms. The Morgan fingerprint density at radius 2 is 0.593 bits per heavy atom. The second-order valence-electron chi connectivity index (χ2n) is 22.7. The summed E-state index contributed by atoms with van der Waals surface area (Å²) in [4.78, 5) is 72.1. The molecule has 0 saturated carbocycles. The number of unbranched alkanes of at least 4 members (excludes halogenated alkanes) is 33. The summed E-state index contributed by atoms with van der Waals surface area (Å²) in [5.74, 6) is -1.40. The van der Waals surface area contributed by atoms with Gasteiger partial charge in [0.25, 0.3) is 0 Å². The van der Waals surface area contributed by atoms with E-state index < -0.39 is 97.5 Å². The van der Waals surface area contributed by atoms with Crippen molar-refractivity contribution in [2.45, 2.75) is 329 Å². The number of carbonyl (C=O) groups is 4. The van der Waals surface area contributed by atoms with Gasteiger partial charge in [0.15, 0.2) is 12.2 Å². The molecule has 6 atom stereocenters. The Labute approximate surface area is 492 Å². The van der Waals surface area contributed by atoms with Gasteiger partial charge in [-0.2, -0.15) is 0 Å². The third-order valence-electron chi connectivity index (χ3n) is 14.6. The lowest BCUT2D eigenvalue weighted by Crippen LogP contribution is -2.30. The van der Waals surface area contributed by atoms with Gasteiger partial charge in [0.1, 0.15) is 19.3 Å². The predicted molar refractivity (Wildman–Crippen MR) is 322 cm³/mol. The van der Waals surface area contributed by atoms with Gasteiger partial charge in [-0.3, -0.25) is 37.3 Å². The molecular formula is C62H120O17P2. The molecule has 0 saturated heterocycles. The van der Waals surface area contributed by atoms with Crippen LogP contribution < -0.4 is 0 Å². The summed E-state index contributed by atoms with van der Waals surface area (Å²) >= 11 is 0. The number of rotatable bonds is 62. The molecule has 0 radical (unpaired) electrons. The molecule has 17 nitrogen and oxygen atoms in total. The molecule has 0 aromatic heterocycles. The number of aliphatic hydroxyl groups is 1. The van der Waals surface area contributed by atoms with Crippen molar-refractivity contribution >= 4 is 39.5 Å². The summed E-state index contributed by atoms with van der Waals surface area (Å²) in [7, 11) is -9.88. The van der Waals surface area contributed by atoms with Gasteiger partial charge in [0.2, 0.25) is 0 Å². The monoisotopic (exact) mass is 1200 g/mol. The molecule has 480 valence electrons. The van der Waals surface area contributed by atoms with Crippen LogP contribution in [0.25, 0.3) is 0 Å². The lowest BCUT2D eigenvalue weighted by atomic mass is 10.00. The minimum Gasteiger partial charge on any atom is -0.462 e. The molecule has 0 heterocycles. The lowest BCUT2D eigenvalue weighted by molar-refractivity contribution is -0.161. The van der Waals surface area contributed by atoms with Crippen LogP contribution in [0.1, 0.15) is 311 Å². The SMILES string of the molecule is CCCCCCCCCCCCCC(=O)O[C@H](COC(=O)CCCCCCCCC(C)CC)COP(=O)(O)OC[C@@H](O)COP(=O)(O)OC[C@@H](COC(=O)CCCCCCCCCCCC)OC(=O)CCCCCCCCCCCC. The highest BCUT2D eigenvalue weighted by molar-refractivity contribution is 7.47. The Bertz CT molecular complexity index is 1590. The first-order valence-corrected chi connectivity index (χ1v) is 35.7. The van der Waals surface area contributed by atoms with Crippen LogP contribution in [0.15, 0.2) is 0 Å². The summed E-state index contributed by atoms with van der Waals surface area (Å²) in [5.41, 5.74) is 0. The highest BCUT2D eigenvalue weighted by atomic mass is 31.2. The topological polar surface area (TPSA) is 237 Å². The van der Waals surface area contributed by atoms with Crippen LogP contribution in [0.4, 0.5) is 0 Å². The number of esters is 4. The summed E-state index contributed by atoms with van der Waals surface area (Å²) in [6, 6.07) is 0. The minimum absolute atomic E-state index is 0.106. The maximum absolute atomic E-state index is 12.9. The average Bonchev–Trinajstić information content (AvgIpc) is 3.45. The number of phosphoric ester groups is 2. The van der Waals surface area contributed by atoms with E-state index in [1.54, 1.807) is 0 Å². The van der Waals surface area contributed by atoms with Crippen molar-refractivity contribution in [3.05, 3.63) is 0 Å². The van der Waals surface area contributed by atoms with Gasteiger partial charge in [-0.15, -0.1) is 0 Å². The van der Waals surface area contributed by atoms with Crippen molar-refractivity contribution in [2.75, 3.05) is 39.6 Å². The van der Waals surface area contributed by atoms with Gasteiger partial charge in [0, 0.05) is 25.7 Å². The smallest absolute Gasteiger partial charge is 0.462 e. The summed E-state index contributed by atoms with van der Waals surface area (Å²) in [6.07, 6.45) is 38.8. The fraction of sp³-hybridized carbons (Fsp3) is 0.935. The predicted octanol–water partition coefficient (Wildman–Crippen LogP) is 17.0. The van der Waals surface area contributed by atoms with E-state index in [2.05, 4.69) is 34.6 Å². The first-order valence-electron chi connectivity index (χ1n) is 32.7. The number of phosphoric acid groups is 2. The van der Waals surface area contributed by atoms with E-state index in [4.69, 9.17) is 37.0 Å². The fourth-order valence-corrected chi connectivity index (χ4v) is 10.8. The van der Waals surface area contributed by atoms with Crippen molar-refractivity contribution in [1.82, 2.24) is 0 Å². The normalized spacial score (nSPS) is 14.6. The van der Waals surface area contributed by atoms with Crippen molar-refractivity contribution < 1.29 is 80.2 Å². The van der Waals surface area contributed by atoms with Crippen molar-refractivity contribution in [3.63, 3.8) is 0 Å². The maximum atomic E-state index is 12.9. The van der Waals surface area contributed by atoms with Crippen LogP contribution in [-0.2, 0) is 65.4 Å². The highest BCUT2D eigenvalue weighted by Gasteiger charge is 2.30. The summed E-state index contributed by atoms with van der Waals surface area (Å²) in [5, 5.41) is 10.5. The standard InChI is InChI=1S/C62H120O17P2/c1-6-10-13-16-19-22-25-28-31-38-43-48-62(67)79-58(52-73-60(65)46-41-36-33-32-34-39-44-55(5)9-4)54-77-81(70,71)75-50-56(63)49-74-80(68,69)76-53-57(78-61(66)47-42-37-30-27-24-21-18-15-12-8-3)51-72-59(64)45-40-35-29-26-23-20-17-14-11-7-2/h55-58,63H,6-54H2,1-5H3,(H,68,69)(H,70,71)/t55?,56-,57+,58+/m0/s1. The van der Waals surface area contributed by atoms with Crippen molar-refractivity contribution in [1.29, 1.82) is 0 Å². The third-order valence-corrected chi connectivity index (χ3v) is 16.5. The largest absolute Gasteiger partial charge is 0.472 e. The van der Waals surface area contributed by atoms with Gasteiger partial charge in [-0.05, 0) is 31.6 Å². The Kier molecular flexibility index (Phi) is 54.6. The molecule has 0 aromatic carbocycles. The van der Waals surface area contributed by atoms with Crippen LogP contribution in [0.5, 0.6) is 0 Å². The van der Waals surface area contributed by atoms with E-state index >= 15 is 0 Å². The quantitative estimate of drug-likeness (QED) is 0.0222. The number of ether oxygens (including phenoxy) is 4. The lowest BCUT2D eigenvalue weighted by Gasteiger charge is -2.21. The number of hydrogen-bond donors (Lipinski definition) is 3. The van der Waals surface area contributed by atoms with Crippen LogP contribution in [0, 0.1) is 5.92 Å². The van der Waals surface area contributed by atoms with E-state index in [1.807, 2.05) is 0 Å². The number of aliphatic hydroxyl groups excluding tert-OH is 1. The maximum Gasteiger partial charge on any atom is 0.472 e. The molecule has 0 aliphatic carbocycles. The first kappa shape index (κ1) is 79.1. The molecule has 19 heteroatoms. The molecule has 0 aliphatic rings. The Hall–Kier alpha value is -1.94. The minimum atomic E-state index is -4.94. The van der Waals surface area contributed by atoms with Crippen LogP contribution >= 0.6 is 15.6 Å².